The van der Waals surface area contributed by atoms with Crippen LogP contribution in [0.3, 0.4) is 0 Å². The number of morpholine rings is 1. The molecule has 7 heteroatoms. The molecule has 2 aromatic carbocycles. The van der Waals surface area contributed by atoms with E-state index in [1.54, 1.807) is 17.4 Å². The van der Waals surface area contributed by atoms with Gasteiger partial charge < -0.3 is 14.8 Å². The summed E-state index contributed by atoms with van der Waals surface area (Å²) < 4.78 is 12.3. The molecule has 1 fully saturated rings. The lowest BCUT2D eigenvalue weighted by Gasteiger charge is -2.26. The Balaban J connectivity index is 1.23. The maximum absolute atomic E-state index is 12.2. The predicted molar refractivity (Wildman–Crippen MR) is 120 cm³/mol. The van der Waals surface area contributed by atoms with Crippen LogP contribution in [-0.2, 0) is 16.1 Å². The smallest absolute Gasteiger partial charge is 0.244 e. The number of hydrogen-bond acceptors (Lipinski definition) is 6. The second-order valence-corrected chi connectivity index (χ2v) is 8.08. The summed E-state index contributed by atoms with van der Waals surface area (Å²) in [5, 5.41) is 3.73. The maximum atomic E-state index is 12.2. The molecule has 1 aromatic heterocycles. The van der Waals surface area contributed by atoms with Crippen LogP contribution in [0.15, 0.2) is 54.6 Å². The van der Waals surface area contributed by atoms with E-state index in [-0.39, 0.29) is 5.91 Å². The van der Waals surface area contributed by atoms with Crippen molar-refractivity contribution < 1.29 is 14.3 Å². The number of rotatable bonds is 8. The number of nitrogens with zero attached hydrogens (tertiary/aromatic N) is 2. The van der Waals surface area contributed by atoms with Crippen molar-refractivity contribution in [3.05, 3.63) is 65.2 Å². The minimum Gasteiger partial charge on any atom is -0.492 e. The van der Waals surface area contributed by atoms with Crippen molar-refractivity contribution >= 4 is 33.5 Å². The van der Waals surface area contributed by atoms with Gasteiger partial charge in [0, 0.05) is 32.3 Å². The molecule has 0 radical (unpaired) electrons. The molecule has 1 aliphatic heterocycles. The van der Waals surface area contributed by atoms with E-state index in [1.807, 2.05) is 48.5 Å². The number of fused-ring (bicyclic) bond motifs is 1. The number of amides is 1. The standard InChI is InChI=1S/C23H25N3O3S/c27-22(8-9-23-25-20-6-1-2-7-21(20)30-23)24-17-18-4-3-5-19(16-18)29-15-12-26-10-13-28-14-11-26/h1-9,16H,10-15,17H2,(H,24,27)/b9-8+. The van der Waals surface area contributed by atoms with E-state index in [4.69, 9.17) is 9.47 Å². The summed E-state index contributed by atoms with van der Waals surface area (Å²) in [6.07, 6.45) is 3.28. The van der Waals surface area contributed by atoms with Crippen molar-refractivity contribution in [3.8, 4) is 5.75 Å². The Bertz CT molecular complexity index is 979. The summed E-state index contributed by atoms with van der Waals surface area (Å²) in [5.41, 5.74) is 1.95. The van der Waals surface area contributed by atoms with E-state index in [2.05, 4.69) is 15.2 Å². The highest BCUT2D eigenvalue weighted by molar-refractivity contribution is 7.19. The molecule has 0 aliphatic carbocycles. The highest BCUT2D eigenvalue weighted by Crippen LogP contribution is 2.22. The third-order valence-electron chi connectivity index (χ3n) is 4.83. The van der Waals surface area contributed by atoms with Gasteiger partial charge >= 0.3 is 0 Å². The normalized spacial score (nSPS) is 14.9. The fourth-order valence-electron chi connectivity index (χ4n) is 3.22. The molecule has 1 amide bonds. The summed E-state index contributed by atoms with van der Waals surface area (Å²) in [6.45, 7) is 5.48. The number of carbonyl (C=O) groups excluding carboxylic acids is 1. The van der Waals surface area contributed by atoms with Gasteiger partial charge in [-0.3, -0.25) is 9.69 Å². The summed E-state index contributed by atoms with van der Waals surface area (Å²) in [5.74, 6) is 0.674. The van der Waals surface area contributed by atoms with Gasteiger partial charge in [0.25, 0.3) is 0 Å². The zero-order valence-corrected chi connectivity index (χ0v) is 17.6. The van der Waals surface area contributed by atoms with Crippen LogP contribution in [0, 0.1) is 0 Å². The van der Waals surface area contributed by atoms with Crippen molar-refractivity contribution in [2.75, 3.05) is 39.5 Å². The van der Waals surface area contributed by atoms with Gasteiger partial charge in [-0.05, 0) is 35.9 Å². The molecular formula is C23H25N3O3S. The molecule has 0 unspecified atom stereocenters. The van der Waals surface area contributed by atoms with Crippen LogP contribution in [0.4, 0.5) is 0 Å². The van der Waals surface area contributed by atoms with E-state index in [1.165, 1.54) is 6.08 Å². The molecule has 6 nitrogen and oxygen atoms in total. The fraction of sp³-hybridized carbons (Fsp3) is 0.304. The van der Waals surface area contributed by atoms with E-state index < -0.39 is 0 Å². The number of hydrogen-bond donors (Lipinski definition) is 1. The molecule has 30 heavy (non-hydrogen) atoms. The van der Waals surface area contributed by atoms with Gasteiger partial charge in [-0.2, -0.15) is 0 Å². The average molecular weight is 424 g/mol. The Kier molecular flexibility index (Phi) is 7.07. The SMILES string of the molecule is O=C(/C=C/c1nc2ccccc2s1)NCc1cccc(OCCN2CCOCC2)c1. The number of ether oxygens (including phenoxy) is 2. The first-order chi connectivity index (χ1) is 14.8. The first-order valence-electron chi connectivity index (χ1n) is 10.1. The Hall–Kier alpha value is -2.74. The van der Waals surface area contributed by atoms with Crippen LogP contribution in [0.5, 0.6) is 5.75 Å². The Morgan fingerprint density at radius 1 is 1.20 bits per heavy atom. The summed E-state index contributed by atoms with van der Waals surface area (Å²) in [7, 11) is 0. The highest BCUT2D eigenvalue weighted by Gasteiger charge is 2.09. The molecular weight excluding hydrogens is 398 g/mol. The van der Waals surface area contributed by atoms with Crippen LogP contribution in [0.1, 0.15) is 10.6 Å². The Morgan fingerprint density at radius 2 is 2.07 bits per heavy atom. The first kappa shape index (κ1) is 20.5. The van der Waals surface area contributed by atoms with Gasteiger partial charge in [-0.1, -0.05) is 24.3 Å². The minimum absolute atomic E-state index is 0.145. The van der Waals surface area contributed by atoms with E-state index >= 15 is 0 Å². The van der Waals surface area contributed by atoms with E-state index in [9.17, 15) is 4.79 Å². The zero-order chi connectivity index (χ0) is 20.6. The number of thiazole rings is 1. The second kappa shape index (κ2) is 10.3. The summed E-state index contributed by atoms with van der Waals surface area (Å²) >= 11 is 1.57. The van der Waals surface area contributed by atoms with Crippen molar-refractivity contribution in [1.29, 1.82) is 0 Å². The third kappa shape index (κ3) is 5.89. The third-order valence-corrected chi connectivity index (χ3v) is 5.83. The average Bonchev–Trinajstić information content (AvgIpc) is 3.20. The van der Waals surface area contributed by atoms with Gasteiger partial charge in [0.15, 0.2) is 0 Å². The minimum atomic E-state index is -0.145. The zero-order valence-electron chi connectivity index (χ0n) is 16.8. The van der Waals surface area contributed by atoms with Gasteiger partial charge in [0.2, 0.25) is 5.91 Å². The fourth-order valence-corrected chi connectivity index (χ4v) is 4.09. The quantitative estimate of drug-likeness (QED) is 0.563. The van der Waals surface area contributed by atoms with Gasteiger partial charge in [-0.15, -0.1) is 11.3 Å². The lowest BCUT2D eigenvalue weighted by molar-refractivity contribution is -0.116. The van der Waals surface area contributed by atoms with Crippen LogP contribution < -0.4 is 10.1 Å². The van der Waals surface area contributed by atoms with Gasteiger partial charge in [0.1, 0.15) is 17.4 Å². The molecule has 4 rings (SSSR count). The predicted octanol–water partition coefficient (Wildman–Crippen LogP) is 3.34. The van der Waals surface area contributed by atoms with Crippen LogP contribution in [0.25, 0.3) is 16.3 Å². The number of aromatic nitrogens is 1. The second-order valence-electron chi connectivity index (χ2n) is 7.02. The van der Waals surface area contributed by atoms with Gasteiger partial charge in [0.05, 0.1) is 23.4 Å². The molecule has 2 heterocycles. The molecule has 1 N–H and O–H groups in total. The molecule has 156 valence electrons. The molecule has 0 atom stereocenters. The number of carbonyl (C=O) groups is 1. The molecule has 0 saturated carbocycles. The monoisotopic (exact) mass is 423 g/mol. The Morgan fingerprint density at radius 3 is 2.93 bits per heavy atom. The molecule has 0 bridgehead atoms. The molecule has 3 aromatic rings. The molecule has 0 spiro atoms. The number of nitrogens with one attached hydrogen (secondary N) is 1. The number of para-hydroxylation sites is 1. The molecule has 1 saturated heterocycles. The largest absolute Gasteiger partial charge is 0.492 e. The van der Waals surface area contributed by atoms with Gasteiger partial charge in [-0.25, -0.2) is 4.98 Å². The molecule has 1 aliphatic rings. The summed E-state index contributed by atoms with van der Waals surface area (Å²) in [4.78, 5) is 19.0. The van der Waals surface area contributed by atoms with Crippen molar-refractivity contribution in [2.45, 2.75) is 6.54 Å². The van der Waals surface area contributed by atoms with Crippen molar-refractivity contribution in [2.24, 2.45) is 0 Å². The van der Waals surface area contributed by atoms with Crippen LogP contribution in [0.2, 0.25) is 0 Å². The van der Waals surface area contributed by atoms with Crippen molar-refractivity contribution in [3.63, 3.8) is 0 Å². The van der Waals surface area contributed by atoms with Crippen molar-refractivity contribution in [1.82, 2.24) is 15.2 Å². The van der Waals surface area contributed by atoms with E-state index in [0.717, 1.165) is 59.4 Å². The Labute approximate surface area is 180 Å². The summed E-state index contributed by atoms with van der Waals surface area (Å²) in [6, 6.07) is 15.8. The topological polar surface area (TPSA) is 63.7 Å². The lowest BCUT2D eigenvalue weighted by atomic mass is 10.2. The first-order valence-corrected chi connectivity index (χ1v) is 10.9. The maximum Gasteiger partial charge on any atom is 0.244 e. The lowest BCUT2D eigenvalue weighted by Crippen LogP contribution is -2.38. The van der Waals surface area contributed by atoms with Crippen LogP contribution >= 0.6 is 11.3 Å². The van der Waals surface area contributed by atoms with E-state index in [0.29, 0.717) is 13.2 Å². The number of benzene rings is 2. The van der Waals surface area contributed by atoms with Crippen LogP contribution in [-0.4, -0.2) is 55.2 Å². The highest BCUT2D eigenvalue weighted by atomic mass is 32.1.